The summed E-state index contributed by atoms with van der Waals surface area (Å²) in [4.78, 5) is 12.7. The number of aromatic nitrogens is 2. The Bertz CT molecular complexity index is 1110. The van der Waals surface area contributed by atoms with E-state index in [-0.39, 0.29) is 5.91 Å². The van der Waals surface area contributed by atoms with Crippen LogP contribution >= 0.6 is 23.2 Å². The molecule has 0 spiro atoms. The summed E-state index contributed by atoms with van der Waals surface area (Å²) in [5, 5.41) is 8.78. The van der Waals surface area contributed by atoms with Crippen molar-refractivity contribution in [3.63, 3.8) is 0 Å². The van der Waals surface area contributed by atoms with Crippen LogP contribution in [0.4, 0.5) is 5.82 Å². The molecule has 3 N–H and O–H groups in total. The molecule has 2 aliphatic rings. The number of nitrogens with one attached hydrogen (secondary N) is 1. The lowest BCUT2D eigenvalue weighted by atomic mass is 9.95. The number of benzene rings is 2. The number of rotatable bonds is 4. The molecule has 5 nitrogen and oxygen atoms in total. The van der Waals surface area contributed by atoms with Gasteiger partial charge < -0.3 is 11.1 Å². The molecule has 0 saturated heterocycles. The van der Waals surface area contributed by atoms with Gasteiger partial charge in [0.05, 0.1) is 21.4 Å². The second-order valence-electron chi connectivity index (χ2n) is 8.30. The summed E-state index contributed by atoms with van der Waals surface area (Å²) in [5.74, 6) is 1.94. The molecule has 2 aromatic carbocycles. The third kappa shape index (κ3) is 3.57. The predicted molar refractivity (Wildman–Crippen MR) is 120 cm³/mol. The van der Waals surface area contributed by atoms with E-state index in [1.54, 1.807) is 22.9 Å². The van der Waals surface area contributed by atoms with Gasteiger partial charge in [-0.3, -0.25) is 4.79 Å². The Hall–Kier alpha value is -2.50. The molecule has 3 aromatic rings. The molecule has 154 valence electrons. The van der Waals surface area contributed by atoms with E-state index >= 15 is 0 Å². The molecule has 2 bridgehead atoms. The minimum Gasteiger partial charge on any atom is -0.384 e. The third-order valence-electron chi connectivity index (χ3n) is 6.38. The quantitative estimate of drug-likeness (QED) is 0.574. The highest BCUT2D eigenvalue weighted by Gasteiger charge is 2.40. The van der Waals surface area contributed by atoms with Crippen molar-refractivity contribution in [3.05, 3.63) is 64.1 Å². The Morgan fingerprint density at radius 3 is 2.50 bits per heavy atom. The SMILES string of the molecule is Nc1cc(-c2ccc(Cl)c(Cl)c2)nn1-c1ccc(C(=O)N[C@@H]2C[C@H]3CC[C@@H]2C3)cc1. The molecule has 30 heavy (non-hydrogen) atoms. The van der Waals surface area contributed by atoms with Crippen molar-refractivity contribution in [2.24, 2.45) is 11.8 Å². The number of nitrogens with two attached hydrogens (primary N) is 1. The van der Waals surface area contributed by atoms with Crippen LogP contribution in [0.1, 0.15) is 36.0 Å². The van der Waals surface area contributed by atoms with Crippen molar-refractivity contribution < 1.29 is 4.79 Å². The second kappa shape index (κ2) is 7.64. The van der Waals surface area contributed by atoms with Gasteiger partial charge >= 0.3 is 0 Å². The lowest BCUT2D eigenvalue weighted by molar-refractivity contribution is 0.0923. The molecule has 2 fully saturated rings. The molecule has 1 heterocycles. The number of nitrogens with zero attached hydrogens (tertiary/aromatic N) is 2. The van der Waals surface area contributed by atoms with E-state index in [2.05, 4.69) is 10.4 Å². The van der Waals surface area contributed by atoms with E-state index in [0.717, 1.165) is 23.6 Å². The Morgan fingerprint density at radius 1 is 1.03 bits per heavy atom. The molecule has 2 aliphatic carbocycles. The summed E-state index contributed by atoms with van der Waals surface area (Å²) in [6.45, 7) is 0. The Balaban J connectivity index is 1.33. The fourth-order valence-electron chi connectivity index (χ4n) is 4.83. The largest absolute Gasteiger partial charge is 0.384 e. The summed E-state index contributed by atoms with van der Waals surface area (Å²) in [6, 6.07) is 14.8. The number of halogens is 2. The fourth-order valence-corrected chi connectivity index (χ4v) is 5.12. The molecule has 1 aromatic heterocycles. The van der Waals surface area contributed by atoms with Crippen LogP contribution in [-0.4, -0.2) is 21.7 Å². The molecule has 0 unspecified atom stereocenters. The molecular weight excluding hydrogens is 419 g/mol. The van der Waals surface area contributed by atoms with Crippen molar-refractivity contribution in [2.75, 3.05) is 5.73 Å². The second-order valence-corrected chi connectivity index (χ2v) is 9.11. The zero-order chi connectivity index (χ0) is 20.8. The highest BCUT2D eigenvalue weighted by molar-refractivity contribution is 6.42. The van der Waals surface area contributed by atoms with Gasteiger partial charge in [-0.25, -0.2) is 4.68 Å². The standard InChI is InChI=1S/C23H22Cl2N4O/c24-18-8-5-16(11-19(18)25)21-12-22(26)29(28-21)17-6-3-14(4-7-17)23(30)27-20-10-13-1-2-15(20)9-13/h3-8,11-13,15,20H,1-2,9-10,26H2,(H,27,30)/t13-,15+,20+/m0/s1. The molecule has 3 atom stereocenters. The molecule has 1 amide bonds. The highest BCUT2D eigenvalue weighted by Crippen LogP contribution is 2.44. The van der Waals surface area contributed by atoms with Crippen LogP contribution in [0.25, 0.3) is 16.9 Å². The molecule has 0 aliphatic heterocycles. The zero-order valence-corrected chi connectivity index (χ0v) is 17.8. The van der Waals surface area contributed by atoms with Gasteiger partial charge in [0.15, 0.2) is 0 Å². The first-order valence-electron chi connectivity index (χ1n) is 10.2. The van der Waals surface area contributed by atoms with Crippen molar-refractivity contribution in [2.45, 2.75) is 31.7 Å². The molecule has 0 radical (unpaired) electrons. The number of hydrogen-bond acceptors (Lipinski definition) is 3. The van der Waals surface area contributed by atoms with Crippen LogP contribution in [-0.2, 0) is 0 Å². The van der Waals surface area contributed by atoms with E-state index in [4.69, 9.17) is 28.9 Å². The number of anilines is 1. The van der Waals surface area contributed by atoms with Gasteiger partial charge in [0.1, 0.15) is 5.82 Å². The maximum Gasteiger partial charge on any atom is 0.251 e. The van der Waals surface area contributed by atoms with Gasteiger partial charge in [0.25, 0.3) is 5.91 Å². The highest BCUT2D eigenvalue weighted by atomic mass is 35.5. The van der Waals surface area contributed by atoms with Crippen LogP contribution in [0.3, 0.4) is 0 Å². The number of amides is 1. The van der Waals surface area contributed by atoms with Crippen LogP contribution in [0.5, 0.6) is 0 Å². The van der Waals surface area contributed by atoms with Crippen LogP contribution < -0.4 is 11.1 Å². The van der Waals surface area contributed by atoms with Crippen LogP contribution in [0, 0.1) is 11.8 Å². The van der Waals surface area contributed by atoms with Crippen molar-refractivity contribution >= 4 is 34.9 Å². The van der Waals surface area contributed by atoms with E-state index in [9.17, 15) is 4.79 Å². The van der Waals surface area contributed by atoms with Gasteiger partial charge in [-0.2, -0.15) is 5.10 Å². The lowest BCUT2D eigenvalue weighted by Gasteiger charge is -2.22. The van der Waals surface area contributed by atoms with E-state index in [0.29, 0.717) is 39.1 Å². The van der Waals surface area contributed by atoms with Crippen LogP contribution in [0.15, 0.2) is 48.5 Å². The summed E-state index contributed by atoms with van der Waals surface area (Å²) >= 11 is 12.1. The fraction of sp³-hybridized carbons (Fsp3) is 0.304. The first kappa shape index (κ1) is 19.5. The monoisotopic (exact) mass is 440 g/mol. The summed E-state index contributed by atoms with van der Waals surface area (Å²) in [7, 11) is 0. The number of hydrogen-bond donors (Lipinski definition) is 2. The van der Waals surface area contributed by atoms with Gasteiger partial charge in [-0.1, -0.05) is 35.7 Å². The number of fused-ring (bicyclic) bond motifs is 2. The Kier molecular flexibility index (Phi) is 4.95. The lowest BCUT2D eigenvalue weighted by Crippen LogP contribution is -2.38. The molecule has 5 rings (SSSR count). The molecular formula is C23H22Cl2N4O. The summed E-state index contributed by atoms with van der Waals surface area (Å²) in [5.41, 5.74) is 9.15. The maximum atomic E-state index is 12.7. The summed E-state index contributed by atoms with van der Waals surface area (Å²) < 4.78 is 1.65. The van der Waals surface area contributed by atoms with Gasteiger partial charge in [-0.15, -0.1) is 0 Å². The smallest absolute Gasteiger partial charge is 0.251 e. The minimum absolute atomic E-state index is 0.0102. The average molecular weight is 441 g/mol. The number of carbonyl (C=O) groups is 1. The van der Waals surface area contributed by atoms with E-state index in [1.807, 2.05) is 30.3 Å². The first-order valence-corrected chi connectivity index (χ1v) is 11.0. The third-order valence-corrected chi connectivity index (χ3v) is 7.12. The number of nitrogen functional groups attached to an aromatic ring is 1. The van der Waals surface area contributed by atoms with Crippen molar-refractivity contribution in [3.8, 4) is 16.9 Å². The predicted octanol–water partition coefficient (Wildman–Crippen LogP) is 5.35. The van der Waals surface area contributed by atoms with Gasteiger partial charge in [0.2, 0.25) is 0 Å². The van der Waals surface area contributed by atoms with E-state index in [1.165, 1.54) is 19.3 Å². The number of carbonyl (C=O) groups excluding carboxylic acids is 1. The van der Waals surface area contributed by atoms with Crippen molar-refractivity contribution in [1.29, 1.82) is 0 Å². The average Bonchev–Trinajstić information content (AvgIpc) is 3.46. The maximum absolute atomic E-state index is 12.7. The zero-order valence-electron chi connectivity index (χ0n) is 16.3. The molecule has 7 heteroatoms. The minimum atomic E-state index is -0.0102. The molecule has 2 saturated carbocycles. The van der Waals surface area contributed by atoms with Crippen LogP contribution in [0.2, 0.25) is 10.0 Å². The summed E-state index contributed by atoms with van der Waals surface area (Å²) in [6.07, 6.45) is 4.95. The van der Waals surface area contributed by atoms with Gasteiger partial charge in [0, 0.05) is 23.2 Å². The Morgan fingerprint density at radius 2 is 1.83 bits per heavy atom. The first-order chi connectivity index (χ1) is 14.5. The van der Waals surface area contributed by atoms with E-state index < -0.39 is 0 Å². The normalized spacial score (nSPS) is 22.4. The Labute approximate surface area is 185 Å². The topological polar surface area (TPSA) is 72.9 Å². The van der Waals surface area contributed by atoms with Gasteiger partial charge in [-0.05, 0) is 67.5 Å². The van der Waals surface area contributed by atoms with Crippen molar-refractivity contribution in [1.82, 2.24) is 15.1 Å².